The molecule has 0 spiro atoms. The average Bonchev–Trinajstić information content (AvgIpc) is 3.24. The molecular weight excluding hydrogens is 331 g/mol. The molecule has 0 saturated carbocycles. The van der Waals surface area contributed by atoms with E-state index < -0.39 is 0 Å². The molecule has 4 aromatic rings. The van der Waals surface area contributed by atoms with Gasteiger partial charge in [0, 0.05) is 24.7 Å². The van der Waals surface area contributed by atoms with E-state index in [1.807, 2.05) is 15.4 Å². The van der Waals surface area contributed by atoms with Gasteiger partial charge in [0.1, 0.15) is 11.6 Å². The van der Waals surface area contributed by atoms with Gasteiger partial charge in [-0.05, 0) is 37.1 Å². The van der Waals surface area contributed by atoms with E-state index in [4.69, 9.17) is 9.97 Å². The van der Waals surface area contributed by atoms with Crippen molar-refractivity contribution in [2.45, 2.75) is 46.1 Å². The lowest BCUT2D eigenvalue weighted by atomic mass is 10.2. The Morgan fingerprint density at radius 3 is 2.54 bits per heavy atom. The van der Waals surface area contributed by atoms with Crippen molar-refractivity contribution in [3.05, 3.63) is 42.1 Å². The third-order valence-electron chi connectivity index (χ3n) is 4.38. The highest BCUT2D eigenvalue weighted by Gasteiger charge is 2.16. The summed E-state index contributed by atoms with van der Waals surface area (Å²) in [6.07, 6.45) is 5.89. The van der Waals surface area contributed by atoms with Crippen molar-refractivity contribution in [1.82, 2.24) is 29.4 Å². The van der Waals surface area contributed by atoms with Crippen molar-refractivity contribution in [2.75, 3.05) is 0 Å². The lowest BCUT2D eigenvalue weighted by Gasteiger charge is -2.02. The normalized spacial score (nSPS) is 11.7. The van der Waals surface area contributed by atoms with Crippen molar-refractivity contribution in [2.24, 2.45) is 0 Å². The molecule has 0 saturated heterocycles. The highest BCUT2D eigenvalue weighted by molar-refractivity contribution is 5.89. The number of hydrogen-bond acceptors (Lipinski definition) is 4. The van der Waals surface area contributed by atoms with E-state index in [9.17, 15) is 4.39 Å². The Hall–Kier alpha value is -2.83. The fourth-order valence-corrected chi connectivity index (χ4v) is 3.05. The maximum atomic E-state index is 13.2. The fourth-order valence-electron chi connectivity index (χ4n) is 3.05. The van der Waals surface area contributed by atoms with Crippen LogP contribution in [0.1, 0.15) is 38.9 Å². The molecule has 3 heterocycles. The zero-order valence-electron chi connectivity index (χ0n) is 15.0. The van der Waals surface area contributed by atoms with Crippen molar-refractivity contribution >= 4 is 16.7 Å². The Kier molecular flexibility index (Phi) is 4.36. The smallest absolute Gasteiger partial charge is 0.186 e. The van der Waals surface area contributed by atoms with E-state index in [0.717, 1.165) is 54.6 Å². The molecule has 0 unspecified atom stereocenters. The van der Waals surface area contributed by atoms with Gasteiger partial charge in [-0.3, -0.25) is 4.68 Å². The summed E-state index contributed by atoms with van der Waals surface area (Å²) in [5, 5.41) is 10.1. The number of fused-ring (bicyclic) bond motifs is 3. The Morgan fingerprint density at radius 1 is 1.00 bits per heavy atom. The number of nitrogens with zero attached hydrogens (tertiary/aromatic N) is 6. The molecule has 0 bridgehead atoms. The van der Waals surface area contributed by atoms with Gasteiger partial charge in [0.25, 0.3) is 0 Å². The van der Waals surface area contributed by atoms with Crippen LogP contribution in [0.5, 0.6) is 0 Å². The molecular formula is C19H21FN6. The summed E-state index contributed by atoms with van der Waals surface area (Å²) in [6, 6.07) is 6.24. The number of aryl methyl sites for hydroxylation is 2. The van der Waals surface area contributed by atoms with Crippen LogP contribution in [-0.4, -0.2) is 29.4 Å². The third-order valence-corrected chi connectivity index (χ3v) is 4.38. The molecule has 0 atom stereocenters. The van der Waals surface area contributed by atoms with Gasteiger partial charge < -0.3 is 0 Å². The minimum absolute atomic E-state index is 0.272. The summed E-state index contributed by atoms with van der Waals surface area (Å²) in [4.78, 5) is 9.45. The van der Waals surface area contributed by atoms with Gasteiger partial charge >= 0.3 is 0 Å². The second kappa shape index (κ2) is 6.82. The topological polar surface area (TPSA) is 60.9 Å². The summed E-state index contributed by atoms with van der Waals surface area (Å²) >= 11 is 0. The second-order valence-electron chi connectivity index (χ2n) is 6.44. The molecule has 26 heavy (non-hydrogen) atoms. The highest BCUT2D eigenvalue weighted by Crippen LogP contribution is 2.23. The number of hydrogen-bond donors (Lipinski definition) is 0. The summed E-state index contributed by atoms with van der Waals surface area (Å²) < 4.78 is 17.0. The first-order chi connectivity index (χ1) is 12.7. The minimum atomic E-state index is -0.272. The van der Waals surface area contributed by atoms with Crippen molar-refractivity contribution in [1.29, 1.82) is 0 Å². The van der Waals surface area contributed by atoms with Crippen LogP contribution < -0.4 is 0 Å². The molecule has 0 amide bonds. The second-order valence-corrected chi connectivity index (χ2v) is 6.44. The largest absolute Gasteiger partial charge is 0.270 e. The van der Waals surface area contributed by atoms with E-state index in [-0.39, 0.29) is 5.82 Å². The number of rotatable bonds is 6. The van der Waals surface area contributed by atoms with Gasteiger partial charge in [-0.2, -0.15) is 9.61 Å². The average molecular weight is 352 g/mol. The van der Waals surface area contributed by atoms with E-state index >= 15 is 0 Å². The molecule has 0 aliphatic rings. The number of benzene rings is 1. The number of unbranched alkanes of at least 4 members (excludes halogenated alkanes) is 1. The first-order valence-electron chi connectivity index (χ1n) is 9.08. The molecule has 7 heteroatoms. The van der Waals surface area contributed by atoms with Crippen LogP contribution >= 0.6 is 0 Å². The SMILES string of the molecule is CCCCc1nc2nn(CCC)cc2c2nc(-c3ccc(F)cc3)nn12. The van der Waals surface area contributed by atoms with Crippen LogP contribution in [0, 0.1) is 5.82 Å². The molecule has 0 aliphatic carbocycles. The Bertz CT molecular complexity index is 1050. The molecule has 0 N–H and O–H groups in total. The number of aromatic nitrogens is 6. The van der Waals surface area contributed by atoms with E-state index in [1.165, 1.54) is 12.1 Å². The maximum absolute atomic E-state index is 13.2. The molecule has 3 aromatic heterocycles. The van der Waals surface area contributed by atoms with Gasteiger partial charge in [-0.15, -0.1) is 5.10 Å². The first-order valence-corrected chi connectivity index (χ1v) is 9.08. The fraction of sp³-hybridized carbons (Fsp3) is 0.368. The molecule has 0 radical (unpaired) electrons. The predicted octanol–water partition coefficient (Wildman–Crippen LogP) is 4.03. The zero-order valence-corrected chi connectivity index (χ0v) is 15.0. The zero-order chi connectivity index (χ0) is 18.1. The van der Waals surface area contributed by atoms with E-state index in [0.29, 0.717) is 11.5 Å². The third kappa shape index (κ3) is 2.94. The standard InChI is InChI=1S/C19H21FN6/c1-3-5-6-16-21-18-15(12-25(23-18)11-4-2)19-22-17(24-26(16)19)13-7-9-14(20)10-8-13/h7-10,12H,3-6,11H2,1-2H3. The quantitative estimate of drug-likeness (QED) is 0.525. The van der Waals surface area contributed by atoms with Crippen molar-refractivity contribution < 1.29 is 4.39 Å². The predicted molar refractivity (Wildman–Crippen MR) is 98.4 cm³/mol. The lowest BCUT2D eigenvalue weighted by Crippen LogP contribution is -2.03. The summed E-state index contributed by atoms with van der Waals surface area (Å²) in [5.41, 5.74) is 2.24. The van der Waals surface area contributed by atoms with Crippen molar-refractivity contribution in [3.8, 4) is 11.4 Å². The monoisotopic (exact) mass is 352 g/mol. The van der Waals surface area contributed by atoms with Gasteiger partial charge in [0.2, 0.25) is 0 Å². The lowest BCUT2D eigenvalue weighted by molar-refractivity contribution is 0.606. The summed E-state index contributed by atoms with van der Waals surface area (Å²) in [7, 11) is 0. The number of halogens is 1. The molecule has 0 aliphatic heterocycles. The summed E-state index contributed by atoms with van der Waals surface area (Å²) in [5.74, 6) is 1.16. The maximum Gasteiger partial charge on any atom is 0.186 e. The van der Waals surface area contributed by atoms with Crippen LogP contribution in [0.25, 0.3) is 28.1 Å². The van der Waals surface area contributed by atoms with Gasteiger partial charge in [-0.1, -0.05) is 20.3 Å². The molecule has 6 nitrogen and oxygen atoms in total. The van der Waals surface area contributed by atoms with Crippen LogP contribution in [0.15, 0.2) is 30.5 Å². The van der Waals surface area contributed by atoms with E-state index in [1.54, 1.807) is 12.1 Å². The van der Waals surface area contributed by atoms with Gasteiger partial charge in [0.05, 0.1) is 5.39 Å². The van der Waals surface area contributed by atoms with Crippen molar-refractivity contribution in [3.63, 3.8) is 0 Å². The van der Waals surface area contributed by atoms with Crippen LogP contribution in [-0.2, 0) is 13.0 Å². The van der Waals surface area contributed by atoms with Gasteiger partial charge in [-0.25, -0.2) is 14.4 Å². The van der Waals surface area contributed by atoms with Crippen LogP contribution in [0.2, 0.25) is 0 Å². The summed E-state index contributed by atoms with van der Waals surface area (Å²) in [6.45, 7) is 5.11. The van der Waals surface area contributed by atoms with Crippen LogP contribution in [0.3, 0.4) is 0 Å². The molecule has 4 rings (SSSR count). The Morgan fingerprint density at radius 2 is 1.81 bits per heavy atom. The highest BCUT2D eigenvalue weighted by atomic mass is 19.1. The minimum Gasteiger partial charge on any atom is -0.270 e. The Balaban J connectivity index is 1.91. The molecule has 0 fully saturated rings. The van der Waals surface area contributed by atoms with Crippen LogP contribution in [0.4, 0.5) is 4.39 Å². The Labute approximate surface area is 150 Å². The first kappa shape index (κ1) is 16.6. The van der Waals surface area contributed by atoms with Gasteiger partial charge in [0.15, 0.2) is 17.1 Å². The molecule has 1 aromatic carbocycles. The van der Waals surface area contributed by atoms with E-state index in [2.05, 4.69) is 24.0 Å². The molecule has 134 valence electrons.